The Labute approximate surface area is 111 Å². The van der Waals surface area contributed by atoms with Gasteiger partial charge in [0.05, 0.1) is 0 Å². The van der Waals surface area contributed by atoms with Crippen LogP contribution in [0.3, 0.4) is 0 Å². The molecule has 0 aliphatic rings. The van der Waals surface area contributed by atoms with Gasteiger partial charge in [-0.3, -0.25) is 4.79 Å². The molecule has 1 heterocycles. The Morgan fingerprint density at radius 3 is 2.40 bits per heavy atom. The minimum absolute atomic E-state index is 0.0349. The fourth-order valence-corrected chi connectivity index (χ4v) is 1.68. The predicted molar refractivity (Wildman–Crippen MR) is 63.1 cm³/mol. The minimum atomic E-state index is -2.81. The van der Waals surface area contributed by atoms with E-state index in [1.807, 2.05) is 0 Å². The molecule has 1 aromatic carbocycles. The molecule has 0 fully saturated rings. The van der Waals surface area contributed by atoms with Gasteiger partial charge in [-0.2, -0.15) is 0 Å². The van der Waals surface area contributed by atoms with Crippen LogP contribution in [0.1, 0.15) is 22.5 Å². The first kappa shape index (κ1) is 14.0. The van der Waals surface area contributed by atoms with Gasteiger partial charge in [-0.05, 0) is 23.8 Å². The quantitative estimate of drug-likeness (QED) is 0.881. The first-order chi connectivity index (χ1) is 9.40. The lowest BCUT2D eigenvalue weighted by Crippen LogP contribution is -2.15. The maximum absolute atomic E-state index is 13.2. The summed E-state index contributed by atoms with van der Waals surface area (Å²) < 4.78 is 51.4. The van der Waals surface area contributed by atoms with Gasteiger partial charge in [-0.25, -0.2) is 22.5 Å². The van der Waals surface area contributed by atoms with Gasteiger partial charge in [0.1, 0.15) is 5.69 Å². The Morgan fingerprint density at radius 2 is 1.85 bits per heavy atom. The lowest BCUT2D eigenvalue weighted by Gasteiger charge is -2.09. The Hall–Kier alpha value is -2.44. The molecule has 2 N–H and O–H groups in total. The summed E-state index contributed by atoms with van der Waals surface area (Å²) in [5.74, 6) is -3.21. The summed E-state index contributed by atoms with van der Waals surface area (Å²) >= 11 is 0. The number of carbonyl (C=O) groups is 1. The van der Waals surface area contributed by atoms with Gasteiger partial charge < -0.3 is 5.73 Å². The number of halogens is 4. The number of nitrogens with two attached hydrogens (primary N) is 1. The zero-order chi connectivity index (χ0) is 14.9. The van der Waals surface area contributed by atoms with Crippen LogP contribution in [0.2, 0.25) is 0 Å². The van der Waals surface area contributed by atoms with Crippen molar-refractivity contribution < 1.29 is 22.4 Å². The van der Waals surface area contributed by atoms with Crippen LogP contribution >= 0.6 is 0 Å². The maximum atomic E-state index is 13.2. The third-order valence-corrected chi connectivity index (χ3v) is 2.62. The summed E-state index contributed by atoms with van der Waals surface area (Å²) in [6, 6.07) is 3.74. The molecule has 0 radical (unpaired) electrons. The molecule has 20 heavy (non-hydrogen) atoms. The van der Waals surface area contributed by atoms with Crippen LogP contribution < -0.4 is 5.73 Å². The maximum Gasteiger partial charge on any atom is 0.267 e. The molecule has 0 saturated carbocycles. The predicted octanol–water partition coefficient (Wildman–Crippen LogP) is 3.06. The topological polar surface area (TPSA) is 56.0 Å². The number of aromatic nitrogens is 1. The molecule has 1 aromatic heterocycles. The zero-order valence-electron chi connectivity index (χ0n) is 9.91. The average molecular weight is 284 g/mol. The van der Waals surface area contributed by atoms with Crippen LogP contribution in [0, 0.1) is 11.6 Å². The summed E-state index contributed by atoms with van der Waals surface area (Å²) in [7, 11) is 0. The molecular formula is C13H8F4N2O. The van der Waals surface area contributed by atoms with E-state index in [-0.39, 0.29) is 16.8 Å². The fraction of sp³-hybridized carbons (Fsp3) is 0.0769. The zero-order valence-corrected chi connectivity index (χ0v) is 9.91. The molecule has 104 valence electrons. The van der Waals surface area contributed by atoms with Crippen molar-refractivity contribution in [3.63, 3.8) is 0 Å². The standard InChI is InChI=1S/C13H8F4N2O/c14-9-2-1-6(4-10(9)15)8-3-7(12(16)17)5-19-11(8)13(18)20/h1-5,12H,(H2,18,20). The van der Waals surface area contributed by atoms with Crippen LogP contribution in [0.5, 0.6) is 0 Å². The van der Waals surface area contributed by atoms with Crippen molar-refractivity contribution in [2.75, 3.05) is 0 Å². The van der Waals surface area contributed by atoms with Gasteiger partial charge in [0, 0.05) is 17.3 Å². The van der Waals surface area contributed by atoms with E-state index in [9.17, 15) is 22.4 Å². The normalized spacial score (nSPS) is 10.8. The number of benzene rings is 1. The van der Waals surface area contributed by atoms with Gasteiger partial charge >= 0.3 is 0 Å². The number of nitrogens with zero attached hydrogens (tertiary/aromatic N) is 1. The summed E-state index contributed by atoms with van der Waals surface area (Å²) in [4.78, 5) is 14.8. The van der Waals surface area contributed by atoms with Crippen molar-refractivity contribution >= 4 is 5.91 Å². The molecule has 0 aliphatic heterocycles. The molecule has 3 nitrogen and oxygen atoms in total. The summed E-state index contributed by atoms with van der Waals surface area (Å²) in [5.41, 5.74) is 4.31. The Morgan fingerprint density at radius 1 is 1.15 bits per heavy atom. The average Bonchev–Trinajstić information content (AvgIpc) is 2.41. The van der Waals surface area contributed by atoms with Crippen molar-refractivity contribution in [3.8, 4) is 11.1 Å². The molecule has 2 rings (SSSR count). The van der Waals surface area contributed by atoms with Crippen molar-refractivity contribution in [1.82, 2.24) is 4.98 Å². The molecule has 2 aromatic rings. The lowest BCUT2D eigenvalue weighted by atomic mass is 10.0. The molecule has 0 aliphatic carbocycles. The number of amides is 1. The first-order valence-corrected chi connectivity index (χ1v) is 5.43. The van der Waals surface area contributed by atoms with Crippen LogP contribution in [-0.2, 0) is 0 Å². The molecule has 0 bridgehead atoms. The second kappa shape index (κ2) is 5.28. The smallest absolute Gasteiger partial charge is 0.267 e. The highest BCUT2D eigenvalue weighted by molar-refractivity contribution is 5.97. The molecule has 0 atom stereocenters. The van der Waals surface area contributed by atoms with E-state index in [4.69, 9.17) is 5.73 Å². The number of primary amides is 1. The SMILES string of the molecule is NC(=O)c1ncc(C(F)F)cc1-c1ccc(F)c(F)c1. The molecule has 1 amide bonds. The number of hydrogen-bond acceptors (Lipinski definition) is 2. The van der Waals surface area contributed by atoms with Gasteiger partial charge in [0.2, 0.25) is 0 Å². The monoisotopic (exact) mass is 284 g/mol. The molecule has 0 saturated heterocycles. The highest BCUT2D eigenvalue weighted by Gasteiger charge is 2.17. The fourth-order valence-electron chi connectivity index (χ4n) is 1.68. The van der Waals surface area contributed by atoms with E-state index in [0.717, 1.165) is 30.5 Å². The molecule has 0 unspecified atom stereocenters. The Kier molecular flexibility index (Phi) is 3.69. The van der Waals surface area contributed by atoms with E-state index in [0.29, 0.717) is 0 Å². The number of carbonyl (C=O) groups excluding carboxylic acids is 1. The van der Waals surface area contributed by atoms with Crippen LogP contribution in [0.15, 0.2) is 30.5 Å². The molecule has 7 heteroatoms. The van der Waals surface area contributed by atoms with Gasteiger partial charge in [-0.1, -0.05) is 6.07 Å². The van der Waals surface area contributed by atoms with Crippen molar-refractivity contribution in [2.24, 2.45) is 5.73 Å². The summed E-state index contributed by atoms with van der Waals surface area (Å²) in [6.45, 7) is 0. The van der Waals surface area contributed by atoms with E-state index >= 15 is 0 Å². The van der Waals surface area contributed by atoms with E-state index in [1.165, 1.54) is 0 Å². The second-order valence-corrected chi connectivity index (χ2v) is 3.96. The van der Waals surface area contributed by atoms with Crippen LogP contribution in [-0.4, -0.2) is 10.9 Å². The first-order valence-electron chi connectivity index (χ1n) is 5.43. The number of alkyl halides is 2. The Bertz CT molecular complexity index is 673. The summed E-state index contributed by atoms with van der Waals surface area (Å²) in [6.07, 6.45) is -2.00. The highest BCUT2D eigenvalue weighted by atomic mass is 19.3. The van der Waals surface area contributed by atoms with Gasteiger partial charge in [0.15, 0.2) is 11.6 Å². The third kappa shape index (κ3) is 2.61. The highest BCUT2D eigenvalue weighted by Crippen LogP contribution is 2.28. The summed E-state index contributed by atoms with van der Waals surface area (Å²) in [5, 5.41) is 0. The third-order valence-electron chi connectivity index (χ3n) is 2.62. The Balaban J connectivity index is 2.65. The van der Waals surface area contributed by atoms with Crippen molar-refractivity contribution in [3.05, 3.63) is 53.4 Å². The van der Waals surface area contributed by atoms with Crippen molar-refractivity contribution in [2.45, 2.75) is 6.43 Å². The molecule has 0 spiro atoms. The lowest BCUT2D eigenvalue weighted by molar-refractivity contribution is 0.0995. The van der Waals surface area contributed by atoms with Crippen LogP contribution in [0.25, 0.3) is 11.1 Å². The number of hydrogen-bond donors (Lipinski definition) is 1. The van der Waals surface area contributed by atoms with Gasteiger partial charge in [-0.15, -0.1) is 0 Å². The molecular weight excluding hydrogens is 276 g/mol. The van der Waals surface area contributed by atoms with E-state index in [1.54, 1.807) is 0 Å². The van der Waals surface area contributed by atoms with Gasteiger partial charge in [0.25, 0.3) is 12.3 Å². The van der Waals surface area contributed by atoms with E-state index < -0.39 is 29.5 Å². The largest absolute Gasteiger partial charge is 0.364 e. The number of rotatable bonds is 3. The second-order valence-electron chi connectivity index (χ2n) is 3.96. The van der Waals surface area contributed by atoms with E-state index in [2.05, 4.69) is 4.98 Å². The number of pyridine rings is 1. The van der Waals surface area contributed by atoms with Crippen LogP contribution in [0.4, 0.5) is 17.6 Å². The van der Waals surface area contributed by atoms with Crippen molar-refractivity contribution in [1.29, 1.82) is 0 Å². The minimum Gasteiger partial charge on any atom is -0.364 e.